The lowest BCUT2D eigenvalue weighted by Crippen LogP contribution is -2.19. The fourth-order valence-corrected chi connectivity index (χ4v) is 2.80. The second-order valence-corrected chi connectivity index (χ2v) is 7.45. The third-order valence-electron chi connectivity index (χ3n) is 4.33. The number of H-pyrrole nitrogens is 1. The molecule has 0 radical (unpaired) electrons. The predicted octanol–water partition coefficient (Wildman–Crippen LogP) is 3.23. The molecule has 4 rings (SSSR count). The summed E-state index contributed by atoms with van der Waals surface area (Å²) in [6.45, 7) is 6.32. The van der Waals surface area contributed by atoms with Crippen molar-refractivity contribution >= 4 is 17.5 Å². The van der Waals surface area contributed by atoms with E-state index in [4.69, 9.17) is 4.42 Å². The minimum atomic E-state index is -0.399. The lowest BCUT2D eigenvalue weighted by atomic mass is 9.87. The van der Waals surface area contributed by atoms with E-state index in [1.807, 2.05) is 12.1 Å². The number of carbonyl (C=O) groups excluding carboxylic acids is 1. The van der Waals surface area contributed by atoms with E-state index in [-0.39, 0.29) is 22.9 Å². The number of hydrogen-bond donors (Lipinski definition) is 2. The average molecular weight is 377 g/mol. The Labute approximate surface area is 160 Å². The van der Waals surface area contributed by atoms with Gasteiger partial charge >= 0.3 is 0 Å². The highest BCUT2D eigenvalue weighted by Crippen LogP contribution is 2.22. The molecule has 4 aromatic rings. The molecule has 142 valence electrons. The quantitative estimate of drug-likeness (QED) is 0.570. The van der Waals surface area contributed by atoms with Crippen molar-refractivity contribution in [1.29, 1.82) is 0 Å². The Morgan fingerprint density at radius 2 is 1.93 bits per heavy atom. The number of benzene rings is 1. The molecule has 3 aromatic heterocycles. The van der Waals surface area contributed by atoms with Crippen molar-refractivity contribution < 1.29 is 9.21 Å². The minimum absolute atomic E-state index is 0.00310. The molecular weight excluding hydrogens is 358 g/mol. The molecule has 8 heteroatoms. The van der Waals surface area contributed by atoms with Gasteiger partial charge < -0.3 is 9.73 Å². The van der Waals surface area contributed by atoms with Crippen LogP contribution in [0.5, 0.6) is 0 Å². The molecule has 0 aliphatic carbocycles. The summed E-state index contributed by atoms with van der Waals surface area (Å²) in [6, 6.07) is 12.1. The van der Waals surface area contributed by atoms with Crippen LogP contribution in [0, 0.1) is 0 Å². The molecule has 1 amide bonds. The SMILES string of the molecule is CC(C)(C)c1ccc(C(=O)Nc2cc(=O)[nH]c3nc(-c4ccco4)nn23)cc1. The van der Waals surface area contributed by atoms with Gasteiger partial charge in [0.05, 0.1) is 6.26 Å². The molecule has 0 atom stereocenters. The zero-order valence-electron chi connectivity index (χ0n) is 15.7. The smallest absolute Gasteiger partial charge is 0.256 e. The first-order valence-electron chi connectivity index (χ1n) is 8.77. The van der Waals surface area contributed by atoms with E-state index in [0.717, 1.165) is 5.56 Å². The summed E-state index contributed by atoms with van der Waals surface area (Å²) in [7, 11) is 0. The van der Waals surface area contributed by atoms with E-state index in [1.165, 1.54) is 16.8 Å². The van der Waals surface area contributed by atoms with E-state index >= 15 is 0 Å². The second kappa shape index (κ2) is 6.49. The number of fused-ring (bicyclic) bond motifs is 1. The molecule has 0 saturated heterocycles. The molecule has 0 fully saturated rings. The van der Waals surface area contributed by atoms with Gasteiger partial charge in [-0.2, -0.15) is 9.50 Å². The summed E-state index contributed by atoms with van der Waals surface area (Å²) >= 11 is 0. The van der Waals surface area contributed by atoms with Gasteiger partial charge in [-0.1, -0.05) is 32.9 Å². The summed E-state index contributed by atoms with van der Waals surface area (Å²) in [6.07, 6.45) is 1.51. The summed E-state index contributed by atoms with van der Waals surface area (Å²) in [5.41, 5.74) is 1.20. The molecule has 28 heavy (non-hydrogen) atoms. The maximum atomic E-state index is 12.7. The molecule has 1 aromatic carbocycles. The maximum absolute atomic E-state index is 12.7. The van der Waals surface area contributed by atoms with Gasteiger partial charge in [0.2, 0.25) is 11.6 Å². The Kier molecular flexibility index (Phi) is 4.11. The standard InChI is InChI=1S/C20H19N5O3/c1-20(2,3)13-8-6-12(7-9-13)18(27)21-15-11-16(26)22-19-23-17(24-25(15)19)14-5-4-10-28-14/h4-11H,1-3H3,(H,21,27)(H,22,23,24,26). The molecule has 0 spiro atoms. The number of furan rings is 1. The van der Waals surface area contributed by atoms with E-state index < -0.39 is 5.56 Å². The van der Waals surface area contributed by atoms with Crippen molar-refractivity contribution in [3.05, 3.63) is 70.2 Å². The fourth-order valence-electron chi connectivity index (χ4n) is 2.80. The van der Waals surface area contributed by atoms with Gasteiger partial charge in [-0.05, 0) is 35.2 Å². The van der Waals surface area contributed by atoms with Gasteiger partial charge in [-0.3, -0.25) is 14.6 Å². The van der Waals surface area contributed by atoms with Crippen LogP contribution in [-0.2, 0) is 5.41 Å². The van der Waals surface area contributed by atoms with Gasteiger partial charge in [0.1, 0.15) is 5.82 Å². The molecule has 0 bridgehead atoms. The van der Waals surface area contributed by atoms with Crippen LogP contribution in [0.15, 0.2) is 57.9 Å². The Hall–Kier alpha value is -3.68. The monoisotopic (exact) mass is 377 g/mol. The number of rotatable bonds is 3. The lowest BCUT2D eigenvalue weighted by molar-refractivity contribution is 0.102. The van der Waals surface area contributed by atoms with Gasteiger partial charge in [0.15, 0.2) is 5.76 Å². The largest absolute Gasteiger partial charge is 0.461 e. The Morgan fingerprint density at radius 3 is 2.57 bits per heavy atom. The summed E-state index contributed by atoms with van der Waals surface area (Å²) in [4.78, 5) is 31.5. The van der Waals surface area contributed by atoms with Crippen molar-refractivity contribution in [2.45, 2.75) is 26.2 Å². The number of nitrogens with zero attached hydrogens (tertiary/aromatic N) is 3. The van der Waals surface area contributed by atoms with Crippen LogP contribution in [-0.4, -0.2) is 25.5 Å². The van der Waals surface area contributed by atoms with Crippen molar-refractivity contribution in [2.24, 2.45) is 0 Å². The molecule has 0 unspecified atom stereocenters. The number of anilines is 1. The maximum Gasteiger partial charge on any atom is 0.256 e. The third-order valence-corrected chi connectivity index (χ3v) is 4.33. The van der Waals surface area contributed by atoms with Crippen molar-refractivity contribution in [3.8, 4) is 11.6 Å². The van der Waals surface area contributed by atoms with E-state index in [1.54, 1.807) is 24.3 Å². The Bertz CT molecular complexity index is 1200. The average Bonchev–Trinajstić information content (AvgIpc) is 3.30. The normalized spacial score (nSPS) is 11.7. The van der Waals surface area contributed by atoms with Crippen LogP contribution in [0.2, 0.25) is 0 Å². The van der Waals surface area contributed by atoms with Crippen LogP contribution in [0.4, 0.5) is 5.82 Å². The van der Waals surface area contributed by atoms with Gasteiger partial charge in [-0.15, -0.1) is 5.10 Å². The summed E-state index contributed by atoms with van der Waals surface area (Å²) in [5, 5.41) is 7.05. The number of carbonyl (C=O) groups is 1. The molecule has 8 nitrogen and oxygen atoms in total. The molecular formula is C20H19N5O3. The van der Waals surface area contributed by atoms with E-state index in [2.05, 4.69) is 41.2 Å². The first-order chi connectivity index (χ1) is 13.3. The Balaban J connectivity index is 1.67. The lowest BCUT2D eigenvalue weighted by Gasteiger charge is -2.19. The second-order valence-electron chi connectivity index (χ2n) is 7.45. The minimum Gasteiger partial charge on any atom is -0.461 e. The highest BCUT2D eigenvalue weighted by atomic mass is 16.3. The zero-order valence-corrected chi connectivity index (χ0v) is 15.7. The molecule has 3 heterocycles. The van der Waals surface area contributed by atoms with Crippen molar-refractivity contribution in [2.75, 3.05) is 5.32 Å². The number of hydrogen-bond acceptors (Lipinski definition) is 5. The third kappa shape index (κ3) is 3.32. The first-order valence-corrected chi connectivity index (χ1v) is 8.77. The predicted molar refractivity (Wildman–Crippen MR) is 104 cm³/mol. The van der Waals surface area contributed by atoms with Gasteiger partial charge in [0.25, 0.3) is 11.5 Å². The van der Waals surface area contributed by atoms with E-state index in [0.29, 0.717) is 17.1 Å². The zero-order chi connectivity index (χ0) is 19.9. The summed E-state index contributed by atoms with van der Waals surface area (Å²) < 4.78 is 6.65. The highest BCUT2D eigenvalue weighted by molar-refractivity contribution is 6.03. The summed E-state index contributed by atoms with van der Waals surface area (Å²) in [5.74, 6) is 0.838. The number of aromatic amines is 1. The first kappa shape index (κ1) is 17.7. The molecule has 0 aliphatic rings. The van der Waals surface area contributed by atoms with Gasteiger partial charge in [-0.25, -0.2) is 0 Å². The number of aromatic nitrogens is 4. The van der Waals surface area contributed by atoms with Crippen molar-refractivity contribution in [1.82, 2.24) is 19.6 Å². The van der Waals surface area contributed by atoms with Crippen molar-refractivity contribution in [3.63, 3.8) is 0 Å². The molecule has 2 N–H and O–H groups in total. The fraction of sp³-hybridized carbons (Fsp3) is 0.200. The topological polar surface area (TPSA) is 105 Å². The van der Waals surface area contributed by atoms with Crippen LogP contribution in [0.1, 0.15) is 36.7 Å². The van der Waals surface area contributed by atoms with Gasteiger partial charge in [0, 0.05) is 11.6 Å². The van der Waals surface area contributed by atoms with Crippen LogP contribution >= 0.6 is 0 Å². The number of nitrogens with one attached hydrogen (secondary N) is 2. The highest BCUT2D eigenvalue weighted by Gasteiger charge is 2.17. The van der Waals surface area contributed by atoms with Crippen LogP contribution < -0.4 is 10.9 Å². The molecule has 0 saturated carbocycles. The Morgan fingerprint density at radius 1 is 1.18 bits per heavy atom. The number of amides is 1. The van der Waals surface area contributed by atoms with Crippen LogP contribution in [0.25, 0.3) is 17.4 Å². The molecule has 0 aliphatic heterocycles. The van der Waals surface area contributed by atoms with E-state index in [9.17, 15) is 9.59 Å². The van der Waals surface area contributed by atoms with Crippen LogP contribution in [0.3, 0.4) is 0 Å².